The topological polar surface area (TPSA) is 214 Å². The van der Waals surface area contributed by atoms with E-state index in [1.54, 1.807) is 68.8 Å². The molecule has 1 fully saturated rings. The highest BCUT2D eigenvalue weighted by Crippen LogP contribution is 2.36. The van der Waals surface area contributed by atoms with Crippen LogP contribution in [0.3, 0.4) is 0 Å². The Balaban J connectivity index is 1.03. The number of amides is 6. The highest BCUT2D eigenvalue weighted by atomic mass is 19.2. The zero-order valence-electron chi connectivity index (χ0n) is 53.3. The molecule has 87 heavy (non-hydrogen) atoms. The van der Waals surface area contributed by atoms with Gasteiger partial charge in [-0.1, -0.05) is 77.8 Å². The average Bonchev–Trinajstić information content (AvgIpc) is 1.62. The predicted octanol–water partition coefficient (Wildman–Crippen LogP) is 8.30. The third-order valence-electron chi connectivity index (χ3n) is 18.4. The lowest BCUT2D eigenvalue weighted by Gasteiger charge is -2.41. The number of carbonyl (C=O) groups excluding carboxylic acids is 9. The lowest BCUT2D eigenvalue weighted by Crippen LogP contribution is -2.55. The molecule has 1 saturated heterocycles. The van der Waals surface area contributed by atoms with Crippen molar-refractivity contribution in [2.24, 2.45) is 29.6 Å². The van der Waals surface area contributed by atoms with Crippen LogP contribution >= 0.6 is 0 Å². The highest BCUT2D eigenvalue weighted by Gasteiger charge is 2.52. The average molecular weight is 1210 g/mol. The van der Waals surface area contributed by atoms with E-state index in [0.717, 1.165) is 25.0 Å². The van der Waals surface area contributed by atoms with Gasteiger partial charge in [0.15, 0.2) is 11.5 Å². The standard InChI is InChI=1S/C66H94BF2N7O11/c1-13-43(4)62(72(10)65(85)52(42(2)3)40-57(79)66(8,9)71-58(80)26-18-15-19-34-74-59(81)31-32-60(74)82)56(86-11)41-61(83)73-35-21-25-53(73)63(87-12)46(7)55(78)38-48(37-47-22-16-14-17-23-47)64(84)70-33-20-24-51(77)30-29-49-27-28-50-39-54-44(5)36-45(6)75(54)67(68,69)76(49)50/h14,16-17,22-23,27-28,31-32,36,39,42-43,46,48,52-53,56,62-63H,13,15,18-21,24-26,29-30,33-35,37-38,40-41H2,1-12H3,(H,70,84)(H,71,80)/t43-,46-,48+,52-,53-,56+,62-,63+/m0/s1. The van der Waals surface area contributed by atoms with E-state index >= 15 is 8.63 Å². The number of allylic oxidation sites excluding steroid dienone is 2. The van der Waals surface area contributed by atoms with Gasteiger partial charge in [0.2, 0.25) is 23.6 Å². The van der Waals surface area contributed by atoms with E-state index in [0.29, 0.717) is 74.3 Å². The lowest BCUT2D eigenvalue weighted by molar-refractivity contribution is -0.362. The molecular weight excluding hydrogens is 1120 g/mol. The van der Waals surface area contributed by atoms with Gasteiger partial charge in [-0.2, -0.15) is 0 Å². The number of aromatic nitrogens is 1. The van der Waals surface area contributed by atoms with E-state index in [4.69, 9.17) is 9.47 Å². The second-order valence-corrected chi connectivity index (χ2v) is 25.3. The van der Waals surface area contributed by atoms with E-state index in [9.17, 15) is 43.2 Å². The molecule has 4 aliphatic heterocycles. The molecule has 2 aromatic rings. The Morgan fingerprint density at radius 2 is 1.55 bits per heavy atom. The van der Waals surface area contributed by atoms with Crippen LogP contribution in [-0.2, 0) is 59.0 Å². The Hall–Kier alpha value is -6.74. The summed E-state index contributed by atoms with van der Waals surface area (Å²) in [5.74, 6) is -5.17. The second kappa shape index (κ2) is 30.9. The van der Waals surface area contributed by atoms with E-state index in [2.05, 4.69) is 10.6 Å². The number of benzene rings is 1. The van der Waals surface area contributed by atoms with Crippen molar-refractivity contribution in [2.45, 2.75) is 188 Å². The molecular formula is C66H94BF2N7O11. The van der Waals surface area contributed by atoms with Crippen LogP contribution in [0.4, 0.5) is 8.63 Å². The smallest absolute Gasteiger partial charge is 0.394 e. The molecule has 4 aliphatic rings. The van der Waals surface area contributed by atoms with Crippen molar-refractivity contribution in [1.29, 1.82) is 0 Å². The normalized spacial score (nSPS) is 18.7. The van der Waals surface area contributed by atoms with Crippen LogP contribution in [0.25, 0.3) is 6.08 Å². The number of hydrogen-bond donors (Lipinski definition) is 2. The molecule has 0 saturated carbocycles. The SMILES string of the molecule is CC[C@H](C)[C@@H]([C@@H](CC(=O)N1CCC[C@H]1[C@H](OC)[C@@H](C)C(=O)C[C@@H](Cc1ccccc1)C(=O)NCCCC(=O)CCC1=[N+]2C(=Cc3c(C)cc(C)n3[B-]2(F)F)C=C1)OC)N(C)C(=O)[C@@H](CC(=O)C(C)(C)NC(=O)CCCCCN1C(=O)C=CC1=O)C(C)C. The number of nitrogens with one attached hydrogen (secondary N) is 2. The Morgan fingerprint density at radius 1 is 0.862 bits per heavy atom. The number of imide groups is 1. The second-order valence-electron chi connectivity index (χ2n) is 25.3. The van der Waals surface area contributed by atoms with Gasteiger partial charge in [-0.05, 0) is 101 Å². The Morgan fingerprint density at radius 3 is 2.20 bits per heavy atom. The minimum atomic E-state index is -4.14. The number of ether oxygens (including phenoxy) is 2. The molecule has 5 heterocycles. The van der Waals surface area contributed by atoms with Gasteiger partial charge in [-0.25, -0.2) is 0 Å². The van der Waals surface area contributed by atoms with Crippen LogP contribution in [-0.4, -0.2) is 160 Å². The zero-order valence-corrected chi connectivity index (χ0v) is 53.3. The van der Waals surface area contributed by atoms with Crippen molar-refractivity contribution in [3.05, 3.63) is 88.9 Å². The molecule has 0 radical (unpaired) electrons. The van der Waals surface area contributed by atoms with Crippen molar-refractivity contribution < 1.29 is 65.7 Å². The summed E-state index contributed by atoms with van der Waals surface area (Å²) in [6.07, 6.45) is 10.3. The summed E-state index contributed by atoms with van der Waals surface area (Å²) in [6, 6.07) is 10.1. The van der Waals surface area contributed by atoms with Gasteiger partial charge < -0.3 is 47.5 Å². The summed E-state index contributed by atoms with van der Waals surface area (Å²) in [5, 5.41) is 5.80. The molecule has 0 aliphatic carbocycles. The first kappa shape index (κ1) is 69.4. The lowest BCUT2D eigenvalue weighted by atomic mass is 9.82. The number of hydrogen-bond acceptors (Lipinski definition) is 11. The largest absolute Gasteiger partial charge is 0.737 e. The molecule has 8 atom stereocenters. The first-order chi connectivity index (χ1) is 41.2. The number of methoxy groups -OCH3 is 2. The molecule has 0 unspecified atom stereocenters. The third-order valence-corrected chi connectivity index (χ3v) is 18.4. The molecule has 18 nitrogen and oxygen atoms in total. The number of carbonyl (C=O) groups is 9. The maximum Gasteiger partial charge on any atom is 0.737 e. The number of likely N-dealkylation sites (tertiary alicyclic amines) is 1. The summed E-state index contributed by atoms with van der Waals surface area (Å²) in [4.78, 5) is 126. The Bertz CT molecular complexity index is 2970. The number of rotatable bonds is 35. The van der Waals surface area contributed by atoms with Gasteiger partial charge in [0.05, 0.1) is 36.3 Å². The number of Topliss-reactive ketones (excluding diaryl/α,β-unsaturated/α-hetero) is 3. The van der Waals surface area contributed by atoms with Crippen molar-refractivity contribution in [2.75, 3.05) is 40.9 Å². The number of likely N-dealkylation sites (N-methyl/N-ethyl adjacent to an activating group) is 1. The molecule has 0 spiro atoms. The summed E-state index contributed by atoms with van der Waals surface area (Å²) in [7, 11) is 4.71. The fourth-order valence-corrected chi connectivity index (χ4v) is 13.0. The highest BCUT2D eigenvalue weighted by molar-refractivity contribution is 6.58. The number of ketones is 3. The van der Waals surface area contributed by atoms with Crippen molar-refractivity contribution in [3.8, 4) is 0 Å². The van der Waals surface area contributed by atoms with Gasteiger partial charge >= 0.3 is 6.97 Å². The quantitative estimate of drug-likeness (QED) is 0.0381. The maximum absolute atomic E-state index is 16.0. The van der Waals surface area contributed by atoms with Crippen LogP contribution in [0.5, 0.6) is 0 Å². The van der Waals surface area contributed by atoms with Gasteiger partial charge in [0, 0.05) is 133 Å². The Labute approximate surface area is 513 Å². The van der Waals surface area contributed by atoms with E-state index in [1.807, 2.05) is 65.0 Å². The van der Waals surface area contributed by atoms with Crippen LogP contribution in [0.15, 0.2) is 66.4 Å². The van der Waals surface area contributed by atoms with Gasteiger partial charge in [-0.3, -0.25) is 48.1 Å². The predicted molar refractivity (Wildman–Crippen MR) is 330 cm³/mol. The minimum absolute atomic E-state index is 0.0622. The number of nitrogens with zero attached hydrogens (tertiary/aromatic N) is 5. The van der Waals surface area contributed by atoms with E-state index < -0.39 is 54.6 Å². The van der Waals surface area contributed by atoms with E-state index in [-0.39, 0.29) is 129 Å². The maximum atomic E-state index is 16.0. The van der Waals surface area contributed by atoms with Crippen LogP contribution in [0.1, 0.15) is 161 Å². The Kier molecular flexibility index (Phi) is 24.7. The van der Waals surface area contributed by atoms with Crippen LogP contribution in [0, 0.1) is 43.4 Å². The van der Waals surface area contributed by atoms with E-state index in [1.165, 1.54) is 26.4 Å². The number of fused-ring (bicyclic) bond motifs is 2. The van der Waals surface area contributed by atoms with Crippen molar-refractivity contribution in [1.82, 2.24) is 29.8 Å². The summed E-state index contributed by atoms with van der Waals surface area (Å²) >= 11 is 0. The molecule has 1 aromatic carbocycles. The zero-order chi connectivity index (χ0) is 64.1. The number of unbranched alkanes of at least 4 members (excludes halogenated alkanes) is 2. The third kappa shape index (κ3) is 17.1. The molecule has 21 heteroatoms. The minimum Gasteiger partial charge on any atom is -0.394 e. The van der Waals surface area contributed by atoms with Gasteiger partial charge in [0.25, 0.3) is 11.8 Å². The molecule has 476 valence electrons. The number of halogens is 2. The van der Waals surface area contributed by atoms with Crippen LogP contribution in [0.2, 0.25) is 0 Å². The van der Waals surface area contributed by atoms with Crippen molar-refractivity contribution in [3.63, 3.8) is 0 Å². The van der Waals surface area contributed by atoms with Crippen molar-refractivity contribution >= 4 is 71.6 Å². The number of aryl methyl sites for hydroxylation is 2. The fourth-order valence-electron chi connectivity index (χ4n) is 13.0. The summed E-state index contributed by atoms with van der Waals surface area (Å²) < 4.78 is 46.3. The molecule has 2 N–H and O–H groups in total. The molecule has 6 amide bonds. The fraction of sp³-hybridized carbons (Fsp3) is 0.606. The summed E-state index contributed by atoms with van der Waals surface area (Å²) in [5.41, 5.74) is 2.08. The van der Waals surface area contributed by atoms with Gasteiger partial charge in [-0.15, -0.1) is 0 Å². The first-order valence-corrected chi connectivity index (χ1v) is 31.3. The van der Waals surface area contributed by atoms with Crippen LogP contribution < -0.4 is 10.6 Å². The molecule has 6 rings (SSSR count). The monoisotopic (exact) mass is 1210 g/mol. The van der Waals surface area contributed by atoms with Gasteiger partial charge in [0.1, 0.15) is 17.3 Å². The first-order valence-electron chi connectivity index (χ1n) is 31.3. The molecule has 0 bridgehead atoms. The molecule has 1 aromatic heterocycles. The summed E-state index contributed by atoms with van der Waals surface area (Å²) in [6.45, 7) is 12.9.